The first-order valence-corrected chi connectivity index (χ1v) is 8.25. The van der Waals surface area contributed by atoms with Gasteiger partial charge in [-0.05, 0) is 36.6 Å². The van der Waals surface area contributed by atoms with E-state index in [1.165, 1.54) is 18.3 Å². The van der Waals surface area contributed by atoms with Crippen molar-refractivity contribution in [3.05, 3.63) is 58.1 Å². The first-order valence-electron chi connectivity index (χ1n) is 7.88. The van der Waals surface area contributed by atoms with E-state index >= 15 is 0 Å². The Bertz CT molecular complexity index is 939. The molecule has 2 aromatic heterocycles. The van der Waals surface area contributed by atoms with Crippen molar-refractivity contribution in [1.29, 1.82) is 0 Å². The topological polar surface area (TPSA) is 68.0 Å². The average Bonchev–Trinajstić information content (AvgIpc) is 3.00. The van der Waals surface area contributed by atoms with Crippen LogP contribution in [0.3, 0.4) is 0 Å². The molecule has 25 heavy (non-hydrogen) atoms. The van der Waals surface area contributed by atoms with Crippen molar-refractivity contribution in [2.75, 3.05) is 0 Å². The Labute approximate surface area is 149 Å². The van der Waals surface area contributed by atoms with E-state index in [0.29, 0.717) is 16.8 Å². The summed E-state index contributed by atoms with van der Waals surface area (Å²) in [7, 11) is 0. The lowest BCUT2D eigenvalue weighted by Gasteiger charge is -2.15. The maximum atomic E-state index is 13.3. The molecule has 0 fully saturated rings. The third-order valence-corrected chi connectivity index (χ3v) is 4.25. The highest BCUT2D eigenvalue weighted by molar-refractivity contribution is 6.30. The number of benzene rings is 1. The fraction of sp³-hybridized carbons (Fsp3) is 0.278. The molecule has 1 N–H and O–H groups in total. The predicted molar refractivity (Wildman–Crippen MR) is 93.2 cm³/mol. The molecule has 3 rings (SSSR count). The van der Waals surface area contributed by atoms with Gasteiger partial charge in [0.25, 0.3) is 11.6 Å². The maximum Gasteiger partial charge on any atom is 0.257 e. The van der Waals surface area contributed by atoms with Crippen LogP contribution in [-0.4, -0.2) is 16.0 Å². The third kappa shape index (κ3) is 3.49. The van der Waals surface area contributed by atoms with Crippen LogP contribution in [0.4, 0.5) is 4.39 Å². The van der Waals surface area contributed by atoms with Crippen molar-refractivity contribution in [3.8, 4) is 0 Å². The molecule has 1 atom stereocenters. The number of hydrogen-bond acceptors (Lipinski definition) is 4. The second-order valence-corrected chi connectivity index (χ2v) is 6.58. The molecule has 1 unspecified atom stereocenters. The summed E-state index contributed by atoms with van der Waals surface area (Å²) in [6, 6.07) is 5.74. The van der Waals surface area contributed by atoms with E-state index in [-0.39, 0.29) is 22.9 Å². The SMILES string of the molecule is CC(C)c1noc2ncc(C(=O)NC(C)c3ccc(F)c(Cl)c3)cc12. The number of nitrogens with zero attached hydrogens (tertiary/aromatic N) is 2. The Balaban J connectivity index is 1.84. The minimum atomic E-state index is -0.493. The molecule has 1 aromatic carbocycles. The van der Waals surface area contributed by atoms with Gasteiger partial charge < -0.3 is 9.84 Å². The van der Waals surface area contributed by atoms with Crippen molar-refractivity contribution >= 4 is 28.6 Å². The smallest absolute Gasteiger partial charge is 0.257 e. The van der Waals surface area contributed by atoms with Gasteiger partial charge in [0.15, 0.2) is 0 Å². The third-order valence-electron chi connectivity index (χ3n) is 3.96. The van der Waals surface area contributed by atoms with Gasteiger partial charge in [0, 0.05) is 6.20 Å². The van der Waals surface area contributed by atoms with Crippen LogP contribution in [0.1, 0.15) is 54.3 Å². The molecule has 0 spiro atoms. The Kier molecular flexibility index (Phi) is 4.72. The van der Waals surface area contributed by atoms with Crippen molar-refractivity contribution < 1.29 is 13.7 Å². The Morgan fingerprint density at radius 2 is 2.04 bits per heavy atom. The number of amides is 1. The van der Waals surface area contributed by atoms with Crippen LogP contribution in [0.25, 0.3) is 11.1 Å². The molecule has 7 heteroatoms. The minimum Gasteiger partial charge on any atom is -0.345 e. The highest BCUT2D eigenvalue weighted by Crippen LogP contribution is 2.25. The second kappa shape index (κ2) is 6.80. The van der Waals surface area contributed by atoms with Gasteiger partial charge in [-0.3, -0.25) is 4.79 Å². The number of carbonyl (C=O) groups excluding carboxylic acids is 1. The Hall–Kier alpha value is -2.47. The van der Waals surface area contributed by atoms with E-state index in [4.69, 9.17) is 16.1 Å². The van der Waals surface area contributed by atoms with E-state index in [1.807, 2.05) is 13.8 Å². The number of pyridine rings is 1. The van der Waals surface area contributed by atoms with Crippen molar-refractivity contribution in [3.63, 3.8) is 0 Å². The summed E-state index contributed by atoms with van der Waals surface area (Å²) < 4.78 is 18.4. The van der Waals surface area contributed by atoms with Gasteiger partial charge in [-0.15, -0.1) is 0 Å². The van der Waals surface area contributed by atoms with Crippen molar-refractivity contribution in [1.82, 2.24) is 15.5 Å². The first kappa shape index (κ1) is 17.4. The Morgan fingerprint density at radius 3 is 2.72 bits per heavy atom. The van der Waals surface area contributed by atoms with Gasteiger partial charge in [-0.2, -0.15) is 0 Å². The summed E-state index contributed by atoms with van der Waals surface area (Å²) in [6.45, 7) is 5.78. The molecule has 0 radical (unpaired) electrons. The fourth-order valence-corrected chi connectivity index (χ4v) is 2.72. The molecule has 0 aliphatic carbocycles. The molecule has 0 saturated carbocycles. The summed E-state index contributed by atoms with van der Waals surface area (Å²) in [5, 5.41) is 7.60. The molecular formula is C18H17ClFN3O2. The molecular weight excluding hydrogens is 345 g/mol. The van der Waals surface area contributed by atoms with E-state index < -0.39 is 5.82 Å². The van der Waals surface area contributed by atoms with Gasteiger partial charge in [-0.1, -0.05) is 36.7 Å². The monoisotopic (exact) mass is 361 g/mol. The van der Waals surface area contributed by atoms with Crippen LogP contribution in [0.5, 0.6) is 0 Å². The number of rotatable bonds is 4. The number of halogens is 2. The Morgan fingerprint density at radius 1 is 1.28 bits per heavy atom. The molecule has 2 heterocycles. The van der Waals surface area contributed by atoms with E-state index in [9.17, 15) is 9.18 Å². The molecule has 0 saturated heterocycles. The standard InChI is InChI=1S/C18H17ClFN3O2/c1-9(2)16-13-6-12(8-21-18(13)25-23-16)17(24)22-10(3)11-4-5-15(20)14(19)7-11/h4-10H,1-3H3,(H,22,24). The molecule has 0 bridgehead atoms. The first-order chi connectivity index (χ1) is 11.9. The quantitative estimate of drug-likeness (QED) is 0.735. The van der Waals surface area contributed by atoms with Crippen LogP contribution in [0.2, 0.25) is 5.02 Å². The van der Waals surface area contributed by atoms with E-state index in [2.05, 4.69) is 15.5 Å². The fourth-order valence-electron chi connectivity index (χ4n) is 2.54. The van der Waals surface area contributed by atoms with Crippen molar-refractivity contribution in [2.45, 2.75) is 32.7 Å². The second-order valence-electron chi connectivity index (χ2n) is 6.17. The molecule has 1 amide bonds. The van der Waals surface area contributed by atoms with Crippen LogP contribution in [0.15, 0.2) is 35.0 Å². The van der Waals surface area contributed by atoms with Gasteiger partial charge in [0.1, 0.15) is 5.82 Å². The number of aromatic nitrogens is 2. The summed E-state index contributed by atoms with van der Waals surface area (Å²) in [5.74, 6) is -0.632. The van der Waals surface area contributed by atoms with Gasteiger partial charge >= 0.3 is 0 Å². The molecule has 0 aliphatic rings. The van der Waals surface area contributed by atoms with Gasteiger partial charge in [0.2, 0.25) is 0 Å². The van der Waals surface area contributed by atoms with Crippen molar-refractivity contribution in [2.24, 2.45) is 0 Å². The number of hydrogen-bond donors (Lipinski definition) is 1. The minimum absolute atomic E-state index is 0.0210. The maximum absolute atomic E-state index is 13.3. The lowest BCUT2D eigenvalue weighted by Crippen LogP contribution is -2.26. The molecule has 5 nitrogen and oxygen atoms in total. The highest BCUT2D eigenvalue weighted by Gasteiger charge is 2.17. The molecule has 3 aromatic rings. The lowest BCUT2D eigenvalue weighted by molar-refractivity contribution is 0.0939. The number of fused-ring (bicyclic) bond motifs is 1. The largest absolute Gasteiger partial charge is 0.345 e. The van der Waals surface area contributed by atoms with Crippen LogP contribution < -0.4 is 5.32 Å². The summed E-state index contributed by atoms with van der Waals surface area (Å²) in [4.78, 5) is 16.7. The van der Waals surface area contributed by atoms with E-state index in [0.717, 1.165) is 11.1 Å². The predicted octanol–water partition coefficient (Wildman–Crippen LogP) is 4.63. The zero-order chi connectivity index (χ0) is 18.1. The van der Waals surface area contributed by atoms with E-state index in [1.54, 1.807) is 19.1 Å². The van der Waals surface area contributed by atoms with Crippen LogP contribution >= 0.6 is 11.6 Å². The zero-order valence-corrected chi connectivity index (χ0v) is 14.8. The summed E-state index contributed by atoms with van der Waals surface area (Å²) in [6.07, 6.45) is 1.44. The van der Waals surface area contributed by atoms with Gasteiger partial charge in [-0.25, -0.2) is 9.37 Å². The summed E-state index contributed by atoms with van der Waals surface area (Å²) >= 11 is 5.80. The molecule has 0 aliphatic heterocycles. The molecule has 130 valence electrons. The number of nitrogens with one attached hydrogen (secondary N) is 1. The van der Waals surface area contributed by atoms with Gasteiger partial charge in [0.05, 0.1) is 27.7 Å². The summed E-state index contributed by atoms with van der Waals surface area (Å²) in [5.41, 5.74) is 2.27. The normalized spacial score (nSPS) is 12.6. The van der Waals surface area contributed by atoms with Crippen LogP contribution in [-0.2, 0) is 0 Å². The lowest BCUT2D eigenvalue weighted by atomic mass is 10.1. The zero-order valence-electron chi connectivity index (χ0n) is 14.0. The highest BCUT2D eigenvalue weighted by atomic mass is 35.5. The number of carbonyl (C=O) groups is 1. The van der Waals surface area contributed by atoms with Crippen LogP contribution in [0, 0.1) is 5.82 Å². The average molecular weight is 362 g/mol.